The van der Waals surface area contributed by atoms with Crippen molar-refractivity contribution in [2.45, 2.75) is 77.7 Å². The topological polar surface area (TPSA) is 47.6 Å². The maximum absolute atomic E-state index is 12.1. The summed E-state index contributed by atoms with van der Waals surface area (Å²) in [5.41, 5.74) is -0.458. The van der Waals surface area contributed by atoms with Gasteiger partial charge in [0.25, 0.3) is 0 Å². The number of rotatable bonds is 4. The summed E-state index contributed by atoms with van der Waals surface area (Å²) in [6, 6.07) is 0.149. The molecule has 0 spiro atoms. The molecule has 0 saturated carbocycles. The second kappa shape index (κ2) is 7.79. The van der Waals surface area contributed by atoms with Crippen molar-refractivity contribution in [3.63, 3.8) is 0 Å². The van der Waals surface area contributed by atoms with Gasteiger partial charge < -0.3 is 14.5 Å². The molecule has 0 unspecified atom stereocenters. The zero-order valence-corrected chi connectivity index (χ0v) is 17.9. The van der Waals surface area contributed by atoms with Crippen molar-refractivity contribution in [1.82, 2.24) is 5.32 Å². The Balaban J connectivity index is 2.60. The molecule has 0 bridgehead atoms. The van der Waals surface area contributed by atoms with Gasteiger partial charge in [0.05, 0.1) is 0 Å². The van der Waals surface area contributed by atoms with E-state index >= 15 is 0 Å². The summed E-state index contributed by atoms with van der Waals surface area (Å²) in [5, 5.41) is 3.27. The van der Waals surface area contributed by atoms with Gasteiger partial charge in [-0.3, -0.25) is 0 Å². The predicted octanol–water partition coefficient (Wildman–Crippen LogP) is 4.65. The van der Waals surface area contributed by atoms with Crippen LogP contribution in [-0.4, -0.2) is 44.2 Å². The minimum absolute atomic E-state index is 0.149. The number of alkyl carbamates (subject to hydrolysis) is 1. The average Bonchev–Trinajstić information content (AvgIpc) is 2.34. The second-order valence-corrected chi connectivity index (χ2v) is 14.9. The number of carbonyl (C=O) groups is 1. The quantitative estimate of drug-likeness (QED) is 0.740. The zero-order chi connectivity index (χ0) is 17.9. The van der Waals surface area contributed by atoms with Crippen LogP contribution >= 0.6 is 11.8 Å². The van der Waals surface area contributed by atoms with Crippen LogP contribution in [0.2, 0.25) is 18.1 Å². The highest BCUT2D eigenvalue weighted by atomic mass is 32.2. The van der Waals surface area contributed by atoms with Crippen LogP contribution in [0.4, 0.5) is 4.79 Å². The van der Waals surface area contributed by atoms with Crippen LogP contribution < -0.4 is 5.32 Å². The molecule has 6 heteroatoms. The highest BCUT2D eigenvalue weighted by molar-refractivity contribution is 7.99. The van der Waals surface area contributed by atoms with Crippen LogP contribution in [0, 0.1) is 5.92 Å². The summed E-state index contributed by atoms with van der Waals surface area (Å²) in [6.45, 7) is 17.7. The Morgan fingerprint density at radius 3 is 2.35 bits per heavy atom. The van der Waals surface area contributed by atoms with Crippen LogP contribution in [0.15, 0.2) is 0 Å². The monoisotopic (exact) mass is 361 g/mol. The number of hydrogen-bond acceptors (Lipinski definition) is 4. The minimum Gasteiger partial charge on any atom is -0.444 e. The van der Waals surface area contributed by atoms with Crippen LogP contribution in [0.5, 0.6) is 0 Å². The number of amides is 1. The lowest BCUT2D eigenvalue weighted by Gasteiger charge is -2.39. The van der Waals surface area contributed by atoms with Crippen molar-refractivity contribution in [2.75, 3.05) is 18.1 Å². The fraction of sp³-hybridized carbons (Fsp3) is 0.941. The van der Waals surface area contributed by atoms with Gasteiger partial charge in [0.2, 0.25) is 0 Å². The Kier molecular flexibility index (Phi) is 7.05. The molecule has 1 saturated heterocycles. The molecular weight excluding hydrogens is 326 g/mol. The van der Waals surface area contributed by atoms with E-state index < -0.39 is 13.9 Å². The van der Waals surface area contributed by atoms with E-state index in [1.807, 2.05) is 32.5 Å². The third-order valence-electron chi connectivity index (χ3n) is 4.64. The number of thioether (sulfide) groups is 1. The summed E-state index contributed by atoms with van der Waals surface area (Å²) >= 11 is 1.95. The average molecular weight is 362 g/mol. The van der Waals surface area contributed by atoms with Crippen molar-refractivity contribution >= 4 is 26.2 Å². The molecule has 136 valence electrons. The van der Waals surface area contributed by atoms with Gasteiger partial charge in [0, 0.05) is 24.3 Å². The van der Waals surface area contributed by atoms with Gasteiger partial charge in [-0.1, -0.05) is 20.8 Å². The maximum Gasteiger partial charge on any atom is 0.407 e. The molecule has 0 aliphatic carbocycles. The molecule has 0 radical (unpaired) electrons. The summed E-state index contributed by atoms with van der Waals surface area (Å²) in [7, 11) is -1.75. The fourth-order valence-corrected chi connectivity index (χ4v) is 4.42. The van der Waals surface area contributed by atoms with E-state index in [9.17, 15) is 4.79 Å². The normalized spacial score (nSPS) is 23.5. The largest absolute Gasteiger partial charge is 0.444 e. The molecule has 1 fully saturated rings. The van der Waals surface area contributed by atoms with Crippen LogP contribution in [0.1, 0.15) is 48.0 Å². The van der Waals surface area contributed by atoms with Crippen molar-refractivity contribution in [3.8, 4) is 0 Å². The van der Waals surface area contributed by atoms with Crippen LogP contribution in [-0.2, 0) is 9.16 Å². The molecule has 1 aliphatic heterocycles. The van der Waals surface area contributed by atoms with E-state index in [1.165, 1.54) is 0 Å². The van der Waals surface area contributed by atoms with Gasteiger partial charge in [0.15, 0.2) is 8.32 Å². The maximum atomic E-state index is 12.1. The van der Waals surface area contributed by atoms with E-state index in [4.69, 9.17) is 9.16 Å². The molecule has 0 aromatic carbocycles. The van der Waals surface area contributed by atoms with Gasteiger partial charge in [-0.25, -0.2) is 4.79 Å². The zero-order valence-electron chi connectivity index (χ0n) is 16.1. The lowest BCUT2D eigenvalue weighted by atomic mass is 10.00. The van der Waals surface area contributed by atoms with Gasteiger partial charge >= 0.3 is 6.09 Å². The standard InChI is InChI=1S/C17H35NO3SSi/c1-16(2,3)21-15(19)18-14-9-10-22-12-13(14)11-20-23(7,8)17(4,5)6/h13-14H,9-12H2,1-8H3,(H,18,19)/t13-,14-/m1/s1. The molecule has 4 nitrogen and oxygen atoms in total. The molecule has 1 rings (SSSR count). The van der Waals surface area contributed by atoms with E-state index in [0.717, 1.165) is 24.5 Å². The molecule has 1 amide bonds. The molecule has 1 heterocycles. The Morgan fingerprint density at radius 2 is 1.83 bits per heavy atom. The Morgan fingerprint density at radius 1 is 1.22 bits per heavy atom. The molecular formula is C17H35NO3SSi. The van der Waals surface area contributed by atoms with Crippen LogP contribution in [0.3, 0.4) is 0 Å². The van der Waals surface area contributed by atoms with E-state index in [1.54, 1.807) is 0 Å². The number of ether oxygens (including phenoxy) is 1. The lowest BCUT2D eigenvalue weighted by molar-refractivity contribution is 0.0475. The SMILES string of the molecule is CC(C)(C)OC(=O)N[C@@H]1CCSC[C@H]1CO[Si](C)(C)C(C)(C)C. The van der Waals surface area contributed by atoms with Crippen molar-refractivity contribution in [2.24, 2.45) is 5.92 Å². The third-order valence-corrected chi connectivity index (χ3v) is 10.3. The number of nitrogens with one attached hydrogen (secondary N) is 1. The highest BCUT2D eigenvalue weighted by Gasteiger charge is 2.39. The van der Waals surface area contributed by atoms with Crippen molar-refractivity contribution in [3.05, 3.63) is 0 Å². The molecule has 23 heavy (non-hydrogen) atoms. The predicted molar refractivity (Wildman–Crippen MR) is 102 cm³/mol. The second-order valence-electron chi connectivity index (χ2n) is 8.95. The van der Waals surface area contributed by atoms with E-state index in [-0.39, 0.29) is 17.2 Å². The first kappa shape index (κ1) is 20.8. The van der Waals surface area contributed by atoms with Gasteiger partial charge in [-0.05, 0) is 51.1 Å². The Bertz CT molecular complexity index is 402. The van der Waals surface area contributed by atoms with E-state index in [2.05, 4.69) is 39.2 Å². The first-order chi connectivity index (χ1) is 10.3. The lowest BCUT2D eigenvalue weighted by Crippen LogP contribution is -2.49. The minimum atomic E-state index is -1.75. The number of carbonyl (C=O) groups excluding carboxylic acids is 1. The summed E-state index contributed by atoms with van der Waals surface area (Å²) in [5.74, 6) is 2.47. The summed E-state index contributed by atoms with van der Waals surface area (Å²) in [6.07, 6.45) is 0.668. The van der Waals surface area contributed by atoms with Crippen molar-refractivity contribution < 1.29 is 14.0 Å². The molecule has 2 atom stereocenters. The van der Waals surface area contributed by atoms with Gasteiger partial charge in [-0.15, -0.1) is 0 Å². The summed E-state index contributed by atoms with van der Waals surface area (Å²) < 4.78 is 11.8. The Labute approximate surface area is 147 Å². The smallest absolute Gasteiger partial charge is 0.407 e. The first-order valence-corrected chi connectivity index (χ1v) is 12.6. The van der Waals surface area contributed by atoms with Gasteiger partial charge in [-0.2, -0.15) is 11.8 Å². The van der Waals surface area contributed by atoms with Gasteiger partial charge in [0.1, 0.15) is 5.60 Å². The fourth-order valence-electron chi connectivity index (χ4n) is 2.14. The number of hydrogen-bond donors (Lipinski definition) is 1. The van der Waals surface area contributed by atoms with E-state index in [0.29, 0.717) is 5.92 Å². The first-order valence-electron chi connectivity index (χ1n) is 8.53. The molecule has 1 aliphatic rings. The van der Waals surface area contributed by atoms with Crippen LogP contribution in [0.25, 0.3) is 0 Å². The van der Waals surface area contributed by atoms with Crippen molar-refractivity contribution in [1.29, 1.82) is 0 Å². The highest BCUT2D eigenvalue weighted by Crippen LogP contribution is 2.37. The summed E-state index contributed by atoms with van der Waals surface area (Å²) in [4.78, 5) is 12.1. The molecule has 1 N–H and O–H groups in total. The Hall–Kier alpha value is -0.203. The molecule has 0 aromatic heterocycles. The molecule has 0 aromatic rings. The third kappa shape index (κ3) is 7.06.